The van der Waals surface area contributed by atoms with Gasteiger partial charge < -0.3 is 13.9 Å². The van der Waals surface area contributed by atoms with Crippen LogP contribution in [0.3, 0.4) is 0 Å². The van der Waals surface area contributed by atoms with Gasteiger partial charge in [0.15, 0.2) is 11.6 Å². The van der Waals surface area contributed by atoms with Gasteiger partial charge in [-0.15, -0.1) is 0 Å². The first-order valence-electron chi connectivity index (χ1n) is 30.8. The highest BCUT2D eigenvalue weighted by Crippen LogP contribution is 2.48. The third-order valence-corrected chi connectivity index (χ3v) is 20.3. The molecule has 9 heteroatoms. The number of aromatic nitrogens is 5. The van der Waals surface area contributed by atoms with E-state index in [0.29, 0.717) is 17.6 Å². The lowest BCUT2D eigenvalue weighted by Crippen LogP contribution is -2.57. The van der Waals surface area contributed by atoms with Gasteiger partial charge in [-0.25, -0.2) is 4.98 Å². The number of fused-ring (bicyclic) bond motifs is 20. The number of hydrogen-bond donors (Lipinski definition) is 0. The molecular weight excluding hydrogens is 1080 g/mol. The molecule has 0 spiro atoms. The Balaban J connectivity index is 0.709. The summed E-state index contributed by atoms with van der Waals surface area (Å²) in [6.45, 7) is -0.130. The predicted molar refractivity (Wildman–Crippen MR) is 373 cm³/mol. The van der Waals surface area contributed by atoms with E-state index in [1.807, 2.05) is 6.07 Å². The fourth-order valence-electron chi connectivity index (χ4n) is 16.5. The molecule has 408 valence electrons. The van der Waals surface area contributed by atoms with Crippen molar-refractivity contribution in [1.82, 2.24) is 23.9 Å². The van der Waals surface area contributed by atoms with E-state index in [2.05, 4.69) is 287 Å². The molecule has 0 saturated heterocycles. The van der Waals surface area contributed by atoms with E-state index < -0.39 is 0 Å². The highest BCUT2D eigenvalue weighted by Gasteiger charge is 2.45. The zero-order valence-corrected chi connectivity index (χ0v) is 48.2. The summed E-state index contributed by atoms with van der Waals surface area (Å²) in [6, 6.07) is 98.8. The van der Waals surface area contributed by atoms with Gasteiger partial charge in [-0.05, 0) is 154 Å². The van der Waals surface area contributed by atoms with Crippen LogP contribution in [0.1, 0.15) is 0 Å². The lowest BCUT2D eigenvalue weighted by Gasteiger charge is -2.40. The maximum absolute atomic E-state index is 5.57. The SMILES string of the molecule is CN1c2cccc3c2B(c2c1ccc1cc4cc(-c5ccc(-c6nc(-c7ccccc7)nc(N7c8cccc9c8B(c8c7ccc7cc%10ccccc%10cc87)n7c8ccccc8c8cccc-9c87)n6)cc5)ccc4cc21)n1c2ccccc2c2cccc-3c21. The van der Waals surface area contributed by atoms with E-state index in [1.165, 1.54) is 142 Å². The lowest BCUT2D eigenvalue weighted by molar-refractivity contribution is 1.02. The second-order valence-electron chi connectivity index (χ2n) is 24.6. The van der Waals surface area contributed by atoms with Crippen LogP contribution in [0.15, 0.2) is 267 Å². The molecule has 0 bridgehead atoms. The van der Waals surface area contributed by atoms with Gasteiger partial charge in [-0.1, -0.05) is 200 Å². The minimum absolute atomic E-state index is 0.00603. The van der Waals surface area contributed by atoms with Gasteiger partial charge in [-0.2, -0.15) is 9.97 Å². The van der Waals surface area contributed by atoms with Crippen LogP contribution in [0.25, 0.3) is 143 Å². The van der Waals surface area contributed by atoms with Crippen LogP contribution in [0, 0.1) is 0 Å². The highest BCUT2D eigenvalue weighted by molar-refractivity contribution is 6.92. The average molecular weight is 1130 g/mol. The Kier molecular flexibility index (Phi) is 9.29. The Hall–Kier alpha value is -11.5. The summed E-state index contributed by atoms with van der Waals surface area (Å²) in [5.41, 5.74) is 24.0. The molecule has 0 amide bonds. The van der Waals surface area contributed by atoms with Gasteiger partial charge in [0.1, 0.15) is 0 Å². The maximum Gasteiger partial charge on any atom is 0.333 e. The van der Waals surface area contributed by atoms with E-state index in [0.717, 1.165) is 33.6 Å². The van der Waals surface area contributed by atoms with Crippen LogP contribution in [0.4, 0.5) is 28.7 Å². The minimum atomic E-state index is -0.136. The summed E-state index contributed by atoms with van der Waals surface area (Å²) in [4.78, 5) is 21.1. The first kappa shape index (κ1) is 47.7. The van der Waals surface area contributed by atoms with Crippen LogP contribution in [-0.2, 0) is 0 Å². The second-order valence-corrected chi connectivity index (χ2v) is 24.6. The normalized spacial score (nSPS) is 13.4. The van der Waals surface area contributed by atoms with E-state index in [1.54, 1.807) is 0 Å². The molecule has 7 nitrogen and oxygen atoms in total. The number of nitrogens with zero attached hydrogens (tertiary/aromatic N) is 7. The summed E-state index contributed by atoms with van der Waals surface area (Å²) in [5.74, 6) is 1.78. The third kappa shape index (κ3) is 6.35. The van der Waals surface area contributed by atoms with Gasteiger partial charge in [-0.3, -0.25) is 4.90 Å². The topological polar surface area (TPSA) is 55.0 Å². The summed E-state index contributed by atoms with van der Waals surface area (Å²) < 4.78 is 5.27. The quantitative estimate of drug-likeness (QED) is 0.130. The van der Waals surface area contributed by atoms with E-state index in [4.69, 9.17) is 15.0 Å². The van der Waals surface area contributed by atoms with Crippen molar-refractivity contribution in [3.63, 3.8) is 0 Å². The second kappa shape index (κ2) is 17.3. The van der Waals surface area contributed by atoms with Crippen molar-refractivity contribution in [2.24, 2.45) is 0 Å². The molecule has 0 aliphatic carbocycles. The number of hydrogen-bond acceptors (Lipinski definition) is 5. The van der Waals surface area contributed by atoms with Crippen molar-refractivity contribution in [2.45, 2.75) is 0 Å². The van der Waals surface area contributed by atoms with E-state index in [9.17, 15) is 0 Å². The smallest absolute Gasteiger partial charge is 0.333 e. The Morgan fingerprint density at radius 3 is 1.39 bits per heavy atom. The third-order valence-electron chi connectivity index (χ3n) is 20.3. The molecule has 3 aromatic heterocycles. The van der Waals surface area contributed by atoms with Crippen molar-refractivity contribution in [2.75, 3.05) is 16.8 Å². The van der Waals surface area contributed by atoms with Gasteiger partial charge in [0.2, 0.25) is 5.95 Å². The monoisotopic (exact) mass is 1130 g/mol. The molecule has 0 atom stereocenters. The first-order valence-corrected chi connectivity index (χ1v) is 30.8. The molecule has 7 heterocycles. The lowest BCUT2D eigenvalue weighted by atomic mass is 9.44. The number of benzene rings is 14. The molecule has 4 aliphatic rings. The molecular formula is C80H47B2N7. The van der Waals surface area contributed by atoms with Gasteiger partial charge in [0.05, 0.1) is 0 Å². The Morgan fingerprint density at radius 1 is 0.281 bits per heavy atom. The zero-order chi connectivity index (χ0) is 57.9. The molecule has 0 N–H and O–H groups in total. The molecule has 21 rings (SSSR count). The fourth-order valence-corrected chi connectivity index (χ4v) is 16.5. The van der Waals surface area contributed by atoms with Crippen LogP contribution in [0.5, 0.6) is 0 Å². The Morgan fingerprint density at radius 2 is 0.730 bits per heavy atom. The molecule has 0 fully saturated rings. The highest BCUT2D eigenvalue weighted by atomic mass is 15.3. The van der Waals surface area contributed by atoms with Crippen molar-refractivity contribution in [3.8, 4) is 56.2 Å². The predicted octanol–water partition coefficient (Wildman–Crippen LogP) is 16.8. The summed E-state index contributed by atoms with van der Waals surface area (Å²) in [7, 11) is 2.24. The van der Waals surface area contributed by atoms with Crippen LogP contribution >= 0.6 is 0 Å². The summed E-state index contributed by atoms with van der Waals surface area (Å²) in [5, 5.41) is 14.9. The largest absolute Gasteiger partial charge is 0.375 e. The van der Waals surface area contributed by atoms with Crippen molar-refractivity contribution in [3.05, 3.63) is 267 Å². The standard InChI is InChI=1S/C80H47B2N7/c1-86-68-29-13-21-58-62-25-11-23-60-56-19-7-9-27-66(56)88(76(60)62)81(72(58)68)74-64-45-52-36-35-51(42-55(52)43-54(64)37-39-69(74)86)46-31-33-48(34-32-46)79-83-78(47-15-3-2-4-16-47)84-80(85-79)87-70-30-14-22-59-63-26-12-24-61-57-20-8-10-28-67(57)89(77(61)63)82(73(59)70)75-65-44-50-18-6-5-17-49(50)41-53(65)38-40-71(75)87/h2-45H,1H3. The van der Waals surface area contributed by atoms with Gasteiger partial charge in [0, 0.05) is 95.7 Å². The molecule has 0 unspecified atom stereocenters. The summed E-state index contributed by atoms with van der Waals surface area (Å²) in [6.07, 6.45) is 0. The van der Waals surface area contributed by atoms with Gasteiger partial charge in [0.25, 0.3) is 0 Å². The van der Waals surface area contributed by atoms with E-state index >= 15 is 0 Å². The fraction of sp³-hybridized carbons (Fsp3) is 0.0125. The Labute approximate surface area is 511 Å². The van der Waals surface area contributed by atoms with Crippen LogP contribution in [-0.4, -0.2) is 44.7 Å². The molecule has 0 radical (unpaired) electrons. The van der Waals surface area contributed by atoms with Crippen molar-refractivity contribution < 1.29 is 0 Å². The molecule has 89 heavy (non-hydrogen) atoms. The number of rotatable bonds is 4. The summed E-state index contributed by atoms with van der Waals surface area (Å²) >= 11 is 0. The first-order chi connectivity index (χ1) is 44.1. The molecule has 14 aromatic carbocycles. The van der Waals surface area contributed by atoms with Gasteiger partial charge >= 0.3 is 13.7 Å². The van der Waals surface area contributed by atoms with Crippen LogP contribution in [0.2, 0.25) is 0 Å². The average Bonchev–Trinajstić information content (AvgIpc) is 1.70. The molecule has 0 saturated carbocycles. The van der Waals surface area contributed by atoms with Crippen molar-refractivity contribution >= 4 is 151 Å². The van der Waals surface area contributed by atoms with Crippen LogP contribution < -0.4 is 31.7 Å². The maximum atomic E-state index is 5.57. The minimum Gasteiger partial charge on any atom is -0.375 e. The zero-order valence-electron chi connectivity index (χ0n) is 48.2. The van der Waals surface area contributed by atoms with Crippen molar-refractivity contribution in [1.29, 1.82) is 0 Å². The molecule has 17 aromatic rings. The Bertz CT molecular complexity index is 6050. The van der Waals surface area contributed by atoms with E-state index in [-0.39, 0.29) is 13.7 Å². The number of anilines is 5. The number of para-hydroxylation sites is 4. The molecule has 4 aliphatic heterocycles.